The Kier molecular flexibility index (Phi) is 6.66. The van der Waals surface area contributed by atoms with Crippen LogP contribution in [0.3, 0.4) is 0 Å². The maximum Gasteiger partial charge on any atom is 0.255 e. The molecule has 1 saturated carbocycles. The van der Waals surface area contributed by atoms with E-state index in [1.54, 1.807) is 4.90 Å². The standard InChI is InChI=1S/C26H34ClN5O4/c27-24-20-15-32(22-3-4-23(33)29-25(22)34)26(35)19(20)1-2-21(24)31-11-9-30(10-12-31)16-13-18(14-16)36-17-5-7-28-8-6-17/h1-2,16-18,22,28H,3-15H2,(H,29,33,34). The summed E-state index contributed by atoms with van der Waals surface area (Å²) in [5.74, 6) is -0.880. The Hall–Kier alpha value is -2.20. The summed E-state index contributed by atoms with van der Waals surface area (Å²) in [6.45, 7) is 6.18. The number of ether oxygens (including phenoxy) is 1. The van der Waals surface area contributed by atoms with Crippen LogP contribution >= 0.6 is 11.6 Å². The second-order valence-electron chi connectivity index (χ2n) is 10.7. The Morgan fingerprint density at radius 2 is 1.69 bits per heavy atom. The van der Waals surface area contributed by atoms with E-state index in [-0.39, 0.29) is 18.2 Å². The van der Waals surface area contributed by atoms with Crippen molar-refractivity contribution in [1.29, 1.82) is 0 Å². The molecule has 0 aromatic heterocycles. The van der Waals surface area contributed by atoms with Gasteiger partial charge in [0.25, 0.3) is 5.91 Å². The van der Waals surface area contributed by atoms with Crippen molar-refractivity contribution in [2.24, 2.45) is 0 Å². The van der Waals surface area contributed by atoms with Crippen LogP contribution in [0.15, 0.2) is 12.1 Å². The van der Waals surface area contributed by atoms with E-state index in [4.69, 9.17) is 16.3 Å². The number of carbonyl (C=O) groups excluding carboxylic acids is 3. The molecule has 0 radical (unpaired) electrons. The minimum Gasteiger partial charge on any atom is -0.375 e. The average Bonchev–Trinajstić information content (AvgIpc) is 3.19. The molecule has 4 aliphatic heterocycles. The van der Waals surface area contributed by atoms with Gasteiger partial charge in [-0.1, -0.05) is 11.6 Å². The molecule has 0 bridgehead atoms. The number of imide groups is 1. The molecule has 6 rings (SSSR count). The molecule has 4 heterocycles. The van der Waals surface area contributed by atoms with Crippen LogP contribution in [0.2, 0.25) is 5.02 Å². The minimum atomic E-state index is -0.629. The molecule has 1 aromatic carbocycles. The van der Waals surface area contributed by atoms with E-state index in [0.717, 1.165) is 76.2 Å². The highest BCUT2D eigenvalue weighted by atomic mass is 35.5. The zero-order valence-corrected chi connectivity index (χ0v) is 21.3. The van der Waals surface area contributed by atoms with Crippen molar-refractivity contribution in [2.45, 2.75) is 69.4 Å². The van der Waals surface area contributed by atoms with E-state index in [9.17, 15) is 14.4 Å². The van der Waals surface area contributed by atoms with Crippen LogP contribution in [-0.2, 0) is 20.9 Å². The number of nitrogens with zero attached hydrogens (tertiary/aromatic N) is 3. The van der Waals surface area contributed by atoms with Crippen molar-refractivity contribution in [3.05, 3.63) is 28.3 Å². The highest BCUT2D eigenvalue weighted by molar-refractivity contribution is 6.35. The number of anilines is 1. The monoisotopic (exact) mass is 515 g/mol. The van der Waals surface area contributed by atoms with Gasteiger partial charge in [-0.05, 0) is 57.3 Å². The molecule has 1 aliphatic carbocycles. The fourth-order valence-corrected chi connectivity index (χ4v) is 6.66. The quantitative estimate of drug-likeness (QED) is 0.574. The van der Waals surface area contributed by atoms with Crippen molar-refractivity contribution in [3.63, 3.8) is 0 Å². The third kappa shape index (κ3) is 4.51. The van der Waals surface area contributed by atoms with E-state index in [1.807, 2.05) is 12.1 Å². The summed E-state index contributed by atoms with van der Waals surface area (Å²) in [4.78, 5) is 43.3. The molecule has 3 saturated heterocycles. The number of piperazine rings is 1. The Morgan fingerprint density at radius 1 is 0.944 bits per heavy atom. The van der Waals surface area contributed by atoms with Crippen molar-refractivity contribution in [1.82, 2.24) is 20.4 Å². The van der Waals surface area contributed by atoms with Crippen LogP contribution < -0.4 is 15.5 Å². The van der Waals surface area contributed by atoms with Crippen molar-refractivity contribution < 1.29 is 19.1 Å². The molecule has 0 spiro atoms. The molecule has 5 aliphatic rings. The number of benzene rings is 1. The number of carbonyl (C=O) groups is 3. The van der Waals surface area contributed by atoms with E-state index >= 15 is 0 Å². The van der Waals surface area contributed by atoms with Crippen LogP contribution in [0.5, 0.6) is 0 Å². The first-order valence-corrected chi connectivity index (χ1v) is 13.7. The number of rotatable bonds is 5. The molecule has 3 amide bonds. The van der Waals surface area contributed by atoms with Gasteiger partial charge in [-0.2, -0.15) is 0 Å². The number of fused-ring (bicyclic) bond motifs is 1. The number of nitrogens with one attached hydrogen (secondary N) is 2. The largest absolute Gasteiger partial charge is 0.375 e. The lowest BCUT2D eigenvalue weighted by molar-refractivity contribution is -0.136. The van der Waals surface area contributed by atoms with Crippen LogP contribution in [0.25, 0.3) is 0 Å². The molecular formula is C26H34ClN5O4. The van der Waals surface area contributed by atoms with E-state index in [0.29, 0.717) is 41.8 Å². The lowest BCUT2D eigenvalue weighted by Crippen LogP contribution is -2.56. The Morgan fingerprint density at radius 3 is 2.42 bits per heavy atom. The number of hydrogen-bond donors (Lipinski definition) is 2. The number of hydrogen-bond acceptors (Lipinski definition) is 7. The smallest absolute Gasteiger partial charge is 0.255 e. The SMILES string of the molecule is O=C1CCC(N2Cc3c(ccc(N4CCN(C5CC(OC6CCNCC6)C5)CC4)c3Cl)C2=O)C(=O)N1. The zero-order valence-electron chi connectivity index (χ0n) is 20.5. The fourth-order valence-electron chi connectivity index (χ4n) is 6.31. The molecular weight excluding hydrogens is 482 g/mol. The first kappa shape index (κ1) is 24.2. The van der Waals surface area contributed by atoms with Gasteiger partial charge in [-0.15, -0.1) is 0 Å². The van der Waals surface area contributed by atoms with E-state index in [1.165, 1.54) is 0 Å². The molecule has 10 heteroatoms. The van der Waals surface area contributed by atoms with Gasteiger partial charge in [0.05, 0.1) is 22.9 Å². The van der Waals surface area contributed by atoms with Crippen molar-refractivity contribution in [3.8, 4) is 0 Å². The lowest BCUT2D eigenvalue weighted by atomic mass is 9.87. The van der Waals surface area contributed by atoms with E-state index in [2.05, 4.69) is 20.4 Å². The van der Waals surface area contributed by atoms with Gasteiger partial charge in [-0.3, -0.25) is 24.6 Å². The molecule has 9 nitrogen and oxygen atoms in total. The van der Waals surface area contributed by atoms with E-state index < -0.39 is 11.9 Å². The summed E-state index contributed by atoms with van der Waals surface area (Å²) in [7, 11) is 0. The van der Waals surface area contributed by atoms with Gasteiger partial charge >= 0.3 is 0 Å². The molecule has 4 fully saturated rings. The van der Waals surface area contributed by atoms with Crippen LogP contribution in [0.4, 0.5) is 5.69 Å². The van der Waals surface area contributed by atoms with Crippen LogP contribution in [0.1, 0.15) is 54.4 Å². The van der Waals surface area contributed by atoms with Crippen molar-refractivity contribution in [2.75, 3.05) is 44.2 Å². The highest BCUT2D eigenvalue weighted by Gasteiger charge is 2.41. The van der Waals surface area contributed by atoms with Crippen LogP contribution in [-0.4, -0.2) is 91.1 Å². The third-order valence-corrected chi connectivity index (χ3v) is 8.96. The summed E-state index contributed by atoms with van der Waals surface area (Å²) in [6.07, 6.45) is 5.93. The number of amides is 3. The summed E-state index contributed by atoms with van der Waals surface area (Å²) < 4.78 is 6.30. The maximum absolute atomic E-state index is 13.0. The van der Waals surface area contributed by atoms with Gasteiger partial charge in [0.2, 0.25) is 11.8 Å². The fraction of sp³-hybridized carbons (Fsp3) is 0.654. The predicted octanol–water partition coefficient (Wildman–Crippen LogP) is 1.52. The molecule has 2 N–H and O–H groups in total. The summed E-state index contributed by atoms with van der Waals surface area (Å²) in [5, 5.41) is 6.34. The second kappa shape index (κ2) is 9.93. The molecule has 1 atom stereocenters. The second-order valence-corrected chi connectivity index (χ2v) is 11.1. The van der Waals surface area contributed by atoms with Gasteiger partial charge in [0.1, 0.15) is 6.04 Å². The third-order valence-electron chi connectivity index (χ3n) is 8.54. The molecule has 1 aromatic rings. The van der Waals surface area contributed by atoms with Gasteiger partial charge in [0, 0.05) is 56.3 Å². The summed E-state index contributed by atoms with van der Waals surface area (Å²) in [5.41, 5.74) is 2.29. The number of halogens is 1. The normalized spacial score (nSPS) is 29.8. The minimum absolute atomic E-state index is 0.191. The zero-order chi connectivity index (χ0) is 24.8. The number of piperidine rings is 2. The Balaban J connectivity index is 1.04. The lowest BCUT2D eigenvalue weighted by Gasteiger charge is -2.47. The Bertz CT molecular complexity index is 1050. The molecule has 194 valence electrons. The summed E-state index contributed by atoms with van der Waals surface area (Å²) >= 11 is 6.86. The predicted molar refractivity (Wildman–Crippen MR) is 135 cm³/mol. The topological polar surface area (TPSA) is 94.2 Å². The van der Waals surface area contributed by atoms with Gasteiger partial charge in [0.15, 0.2) is 0 Å². The summed E-state index contributed by atoms with van der Waals surface area (Å²) in [6, 6.07) is 3.76. The highest BCUT2D eigenvalue weighted by Crippen LogP contribution is 2.39. The van der Waals surface area contributed by atoms with Crippen molar-refractivity contribution >= 4 is 35.0 Å². The Labute approximate surface area is 216 Å². The average molecular weight is 516 g/mol. The molecule has 1 unspecified atom stereocenters. The first-order valence-electron chi connectivity index (χ1n) is 13.3. The molecule has 36 heavy (non-hydrogen) atoms. The van der Waals surface area contributed by atoms with Gasteiger partial charge in [-0.25, -0.2) is 0 Å². The first-order chi connectivity index (χ1) is 17.5. The van der Waals surface area contributed by atoms with Crippen LogP contribution in [0, 0.1) is 0 Å². The maximum atomic E-state index is 13.0. The van der Waals surface area contributed by atoms with Gasteiger partial charge < -0.3 is 19.9 Å².